The van der Waals surface area contributed by atoms with E-state index in [9.17, 15) is 4.79 Å². The van der Waals surface area contributed by atoms with Crippen LogP contribution in [0.15, 0.2) is 0 Å². The van der Waals surface area contributed by atoms with E-state index in [4.69, 9.17) is 5.11 Å². The summed E-state index contributed by atoms with van der Waals surface area (Å²) in [5, 5.41) is 8.35. The summed E-state index contributed by atoms with van der Waals surface area (Å²) in [7, 11) is 0. The van der Waals surface area contributed by atoms with E-state index in [1.165, 1.54) is 12.8 Å². The van der Waals surface area contributed by atoms with E-state index in [0.29, 0.717) is 6.42 Å². The largest absolute Gasteiger partial charge is 0.481 e. The molecule has 0 amide bonds. The summed E-state index contributed by atoms with van der Waals surface area (Å²) in [6.45, 7) is 2.91. The minimum Gasteiger partial charge on any atom is -0.481 e. The average Bonchev–Trinajstić information content (AvgIpc) is 2.34. The molecule has 4 heteroatoms. The summed E-state index contributed by atoms with van der Waals surface area (Å²) in [5.74, 6) is -0.688. The topological polar surface area (TPSA) is 40.5 Å². The summed E-state index contributed by atoms with van der Waals surface area (Å²) in [6.07, 6.45) is 2.76. The van der Waals surface area contributed by atoms with Gasteiger partial charge in [-0.25, -0.2) is 0 Å². The molecule has 0 aromatic carbocycles. The molecule has 0 aromatic rings. The molecule has 0 saturated carbocycles. The molecule has 0 aliphatic carbocycles. The maximum absolute atomic E-state index is 10.1. The molecule has 0 aromatic heterocycles. The molecule has 1 aliphatic rings. The van der Waals surface area contributed by atoms with E-state index in [0.717, 1.165) is 19.6 Å². The van der Waals surface area contributed by atoms with Crippen molar-refractivity contribution < 1.29 is 9.90 Å². The van der Waals surface area contributed by atoms with Gasteiger partial charge < -0.3 is 10.0 Å². The molecule has 0 bridgehead atoms. The minimum absolute atomic E-state index is 0. The molecule has 0 atom stereocenters. The van der Waals surface area contributed by atoms with Crippen molar-refractivity contribution in [2.45, 2.75) is 19.3 Å². The van der Waals surface area contributed by atoms with E-state index in [1.807, 2.05) is 0 Å². The number of hydrogen-bond acceptors (Lipinski definition) is 2. The van der Waals surface area contributed by atoms with Crippen molar-refractivity contribution >= 4 is 57.4 Å². The van der Waals surface area contributed by atoms with Crippen LogP contribution in [0.1, 0.15) is 19.3 Å². The van der Waals surface area contributed by atoms with Crippen molar-refractivity contribution in [2.75, 3.05) is 19.6 Å². The maximum atomic E-state index is 10.1. The Kier molecular flexibility index (Phi) is 7.20. The molecule has 1 aliphatic heterocycles. The first-order chi connectivity index (χ1) is 4.79. The molecule has 1 heterocycles. The Hall–Kier alpha value is 1.07. The van der Waals surface area contributed by atoms with Crippen LogP contribution < -0.4 is 0 Å². The third-order valence-corrected chi connectivity index (χ3v) is 1.84. The fraction of sp³-hybridized carbons (Fsp3) is 0.857. The number of likely N-dealkylation sites (tertiary alicyclic amines) is 1. The molecule has 11 heavy (non-hydrogen) atoms. The molecule has 3 nitrogen and oxygen atoms in total. The summed E-state index contributed by atoms with van der Waals surface area (Å²) in [6, 6.07) is 0. The first kappa shape index (κ1) is 12.1. The van der Waals surface area contributed by atoms with E-state index < -0.39 is 5.97 Å². The molecule has 1 rings (SSSR count). The van der Waals surface area contributed by atoms with Gasteiger partial charge in [-0.1, -0.05) is 0 Å². The van der Waals surface area contributed by atoms with Crippen LogP contribution in [0.4, 0.5) is 0 Å². The normalized spacial score (nSPS) is 17.8. The third kappa shape index (κ3) is 5.33. The molecular formula is C7H13KNO2. The smallest absolute Gasteiger partial charge is 0.304 e. The summed E-state index contributed by atoms with van der Waals surface area (Å²) >= 11 is 0. The molecular weight excluding hydrogens is 169 g/mol. The van der Waals surface area contributed by atoms with Crippen molar-refractivity contribution in [1.29, 1.82) is 0 Å². The zero-order valence-corrected chi connectivity index (χ0v) is 10.2. The Morgan fingerprint density at radius 2 is 1.91 bits per heavy atom. The van der Waals surface area contributed by atoms with Crippen LogP contribution in [-0.2, 0) is 4.79 Å². The summed E-state index contributed by atoms with van der Waals surface area (Å²) in [5.41, 5.74) is 0. The van der Waals surface area contributed by atoms with E-state index in [-0.39, 0.29) is 51.4 Å². The van der Waals surface area contributed by atoms with E-state index >= 15 is 0 Å². The Bertz CT molecular complexity index is 124. The van der Waals surface area contributed by atoms with Gasteiger partial charge in [-0.05, 0) is 25.9 Å². The Morgan fingerprint density at radius 1 is 1.36 bits per heavy atom. The fourth-order valence-electron chi connectivity index (χ4n) is 1.26. The van der Waals surface area contributed by atoms with Crippen LogP contribution in [0.3, 0.4) is 0 Å². The number of aliphatic carboxylic acids is 1. The standard InChI is InChI=1S/C7H13NO2.K/c9-7(10)3-6-8-4-1-2-5-8;/h1-6H2,(H,9,10);. The quantitative estimate of drug-likeness (QED) is 0.633. The van der Waals surface area contributed by atoms with Gasteiger partial charge in [0.25, 0.3) is 0 Å². The SMILES string of the molecule is O=C(O)CCN1CCCC1.[K]. The van der Waals surface area contributed by atoms with Crippen LogP contribution in [-0.4, -0.2) is 87.0 Å². The van der Waals surface area contributed by atoms with Crippen molar-refractivity contribution in [1.82, 2.24) is 4.90 Å². The second-order valence-corrected chi connectivity index (χ2v) is 2.69. The van der Waals surface area contributed by atoms with Gasteiger partial charge in [0, 0.05) is 57.9 Å². The van der Waals surface area contributed by atoms with Gasteiger partial charge in [-0.2, -0.15) is 0 Å². The number of carboxylic acid groups (broad SMARTS) is 1. The van der Waals surface area contributed by atoms with Gasteiger partial charge >= 0.3 is 5.97 Å². The van der Waals surface area contributed by atoms with Crippen LogP contribution in [0.5, 0.6) is 0 Å². The Labute approximate surface area is 110 Å². The minimum atomic E-state index is -0.688. The van der Waals surface area contributed by atoms with Gasteiger partial charge in [0.05, 0.1) is 6.42 Å². The van der Waals surface area contributed by atoms with Crippen molar-refractivity contribution in [2.24, 2.45) is 0 Å². The van der Waals surface area contributed by atoms with Gasteiger partial charge in [-0.3, -0.25) is 4.79 Å². The van der Waals surface area contributed by atoms with Gasteiger partial charge in [0.2, 0.25) is 0 Å². The van der Waals surface area contributed by atoms with Crippen molar-refractivity contribution in [3.05, 3.63) is 0 Å². The van der Waals surface area contributed by atoms with Gasteiger partial charge in [0.1, 0.15) is 0 Å². The second-order valence-electron chi connectivity index (χ2n) is 2.69. The number of rotatable bonds is 3. The molecule has 0 spiro atoms. The average molecular weight is 182 g/mol. The van der Waals surface area contributed by atoms with Gasteiger partial charge in [-0.15, -0.1) is 0 Å². The molecule has 59 valence electrons. The predicted octanol–water partition coefficient (Wildman–Crippen LogP) is 0.176. The number of hydrogen-bond donors (Lipinski definition) is 1. The van der Waals surface area contributed by atoms with Crippen molar-refractivity contribution in [3.8, 4) is 0 Å². The summed E-state index contributed by atoms with van der Waals surface area (Å²) < 4.78 is 0. The molecule has 1 N–H and O–H groups in total. The van der Waals surface area contributed by atoms with Crippen LogP contribution >= 0.6 is 0 Å². The molecule has 1 radical (unpaired) electrons. The third-order valence-electron chi connectivity index (χ3n) is 1.84. The van der Waals surface area contributed by atoms with E-state index in [1.54, 1.807) is 0 Å². The van der Waals surface area contributed by atoms with E-state index in [2.05, 4.69) is 4.90 Å². The van der Waals surface area contributed by atoms with Gasteiger partial charge in [0.15, 0.2) is 0 Å². The van der Waals surface area contributed by atoms with Crippen LogP contribution in [0.25, 0.3) is 0 Å². The predicted molar refractivity (Wildman–Crippen MR) is 43.7 cm³/mol. The molecule has 1 fully saturated rings. The molecule has 1 saturated heterocycles. The monoisotopic (exact) mass is 182 g/mol. The first-order valence-corrected chi connectivity index (χ1v) is 3.73. The number of nitrogens with zero attached hydrogens (tertiary/aromatic N) is 1. The van der Waals surface area contributed by atoms with Crippen molar-refractivity contribution in [3.63, 3.8) is 0 Å². The second kappa shape index (κ2) is 6.57. The fourth-order valence-corrected chi connectivity index (χ4v) is 1.26. The Morgan fingerprint density at radius 3 is 2.36 bits per heavy atom. The van der Waals surface area contributed by atoms with Crippen LogP contribution in [0.2, 0.25) is 0 Å². The first-order valence-electron chi connectivity index (χ1n) is 3.73. The number of carboxylic acids is 1. The zero-order valence-electron chi connectivity index (χ0n) is 7.05. The van der Waals surface area contributed by atoms with Crippen LogP contribution in [0, 0.1) is 0 Å². The maximum Gasteiger partial charge on any atom is 0.304 e. The molecule has 0 unspecified atom stereocenters. The Balaban J connectivity index is 0.000001000. The summed E-state index contributed by atoms with van der Waals surface area (Å²) in [4.78, 5) is 12.3. The number of carbonyl (C=O) groups is 1. The zero-order chi connectivity index (χ0) is 7.40.